The van der Waals surface area contributed by atoms with Crippen molar-refractivity contribution in [3.63, 3.8) is 0 Å². The second-order valence-corrected chi connectivity index (χ2v) is 6.21. The Hall–Kier alpha value is -1.14. The van der Waals surface area contributed by atoms with Gasteiger partial charge in [-0.3, -0.25) is 15.0 Å². The van der Waals surface area contributed by atoms with Crippen LogP contribution in [-0.4, -0.2) is 53.7 Å². The van der Waals surface area contributed by atoms with Crippen LogP contribution >= 0.6 is 0 Å². The standard InChI is InChI=1S/C15H27N3O3/c1-10(14(20)17-15(21)16-2)18-9-5-7-12(18)11-6-3-4-8-13(11)19/h10-13,19H,3-9H2,1-2H3,(H2,16,17,20,21). The van der Waals surface area contributed by atoms with Crippen molar-refractivity contribution in [3.8, 4) is 0 Å². The molecule has 2 rings (SSSR count). The maximum absolute atomic E-state index is 12.1. The number of imide groups is 1. The van der Waals surface area contributed by atoms with Gasteiger partial charge in [0.15, 0.2) is 0 Å². The van der Waals surface area contributed by atoms with Crippen molar-refractivity contribution in [1.82, 2.24) is 15.5 Å². The minimum Gasteiger partial charge on any atom is -0.393 e. The molecule has 1 saturated carbocycles. The van der Waals surface area contributed by atoms with Gasteiger partial charge >= 0.3 is 6.03 Å². The van der Waals surface area contributed by atoms with Crippen LogP contribution in [0.15, 0.2) is 0 Å². The second kappa shape index (κ2) is 7.22. The summed E-state index contributed by atoms with van der Waals surface area (Å²) in [5.41, 5.74) is 0. The Labute approximate surface area is 126 Å². The maximum Gasteiger partial charge on any atom is 0.321 e. The van der Waals surface area contributed by atoms with E-state index in [1.807, 2.05) is 6.92 Å². The molecule has 21 heavy (non-hydrogen) atoms. The molecule has 2 fully saturated rings. The number of likely N-dealkylation sites (tertiary alicyclic amines) is 1. The number of carbonyl (C=O) groups is 2. The number of hydrogen-bond donors (Lipinski definition) is 3. The highest BCUT2D eigenvalue weighted by Crippen LogP contribution is 2.35. The predicted molar refractivity (Wildman–Crippen MR) is 79.8 cm³/mol. The molecule has 1 saturated heterocycles. The van der Waals surface area contributed by atoms with Crippen molar-refractivity contribution in [2.45, 2.75) is 63.6 Å². The molecule has 0 aromatic heterocycles. The molecular weight excluding hydrogens is 270 g/mol. The van der Waals surface area contributed by atoms with Gasteiger partial charge in [-0.1, -0.05) is 12.8 Å². The van der Waals surface area contributed by atoms with Crippen molar-refractivity contribution in [2.75, 3.05) is 13.6 Å². The Bertz CT molecular complexity index is 388. The lowest BCUT2D eigenvalue weighted by molar-refractivity contribution is -0.126. The molecule has 2 aliphatic rings. The highest BCUT2D eigenvalue weighted by Gasteiger charge is 2.40. The molecule has 4 atom stereocenters. The minimum atomic E-state index is -0.472. The Morgan fingerprint density at radius 2 is 1.90 bits per heavy atom. The number of carbonyl (C=O) groups excluding carboxylic acids is 2. The third-order valence-corrected chi connectivity index (χ3v) is 4.96. The third kappa shape index (κ3) is 3.74. The van der Waals surface area contributed by atoms with Crippen LogP contribution in [0.3, 0.4) is 0 Å². The van der Waals surface area contributed by atoms with E-state index < -0.39 is 6.03 Å². The van der Waals surface area contributed by atoms with E-state index in [-0.39, 0.29) is 30.0 Å². The van der Waals surface area contributed by atoms with Gasteiger partial charge < -0.3 is 10.4 Å². The number of amides is 3. The summed E-state index contributed by atoms with van der Waals surface area (Å²) < 4.78 is 0. The first-order valence-corrected chi connectivity index (χ1v) is 8.01. The number of rotatable bonds is 3. The quantitative estimate of drug-likeness (QED) is 0.721. The highest BCUT2D eigenvalue weighted by atomic mass is 16.3. The highest BCUT2D eigenvalue weighted by molar-refractivity contribution is 5.96. The van der Waals surface area contributed by atoms with Gasteiger partial charge in [-0.15, -0.1) is 0 Å². The van der Waals surface area contributed by atoms with Crippen LogP contribution in [0, 0.1) is 5.92 Å². The van der Waals surface area contributed by atoms with Gasteiger partial charge in [-0.05, 0) is 39.2 Å². The van der Waals surface area contributed by atoms with Gasteiger partial charge in [0.25, 0.3) is 0 Å². The Morgan fingerprint density at radius 3 is 2.57 bits per heavy atom. The zero-order chi connectivity index (χ0) is 15.4. The van der Waals surface area contributed by atoms with Gasteiger partial charge in [0.05, 0.1) is 12.1 Å². The fourth-order valence-corrected chi connectivity index (χ4v) is 3.77. The van der Waals surface area contributed by atoms with E-state index in [4.69, 9.17) is 0 Å². The molecule has 3 amide bonds. The van der Waals surface area contributed by atoms with Crippen molar-refractivity contribution in [3.05, 3.63) is 0 Å². The molecule has 6 nitrogen and oxygen atoms in total. The van der Waals surface area contributed by atoms with E-state index in [0.717, 1.165) is 45.1 Å². The first-order valence-electron chi connectivity index (χ1n) is 8.01. The van der Waals surface area contributed by atoms with Gasteiger partial charge in [-0.2, -0.15) is 0 Å². The fourth-order valence-electron chi connectivity index (χ4n) is 3.77. The second-order valence-electron chi connectivity index (χ2n) is 6.21. The molecule has 4 unspecified atom stereocenters. The van der Waals surface area contributed by atoms with Crippen LogP contribution < -0.4 is 10.6 Å². The lowest BCUT2D eigenvalue weighted by atomic mass is 9.80. The van der Waals surface area contributed by atoms with Gasteiger partial charge in [0.1, 0.15) is 0 Å². The van der Waals surface area contributed by atoms with E-state index in [2.05, 4.69) is 15.5 Å². The monoisotopic (exact) mass is 297 g/mol. The van der Waals surface area contributed by atoms with E-state index in [0.29, 0.717) is 0 Å². The summed E-state index contributed by atoms with van der Waals surface area (Å²) in [6, 6.07) is -0.560. The van der Waals surface area contributed by atoms with Crippen LogP contribution in [0.1, 0.15) is 45.4 Å². The van der Waals surface area contributed by atoms with Crippen molar-refractivity contribution in [2.24, 2.45) is 5.92 Å². The van der Waals surface area contributed by atoms with Gasteiger partial charge in [0.2, 0.25) is 5.91 Å². The number of aliphatic hydroxyl groups is 1. The molecule has 1 aliphatic carbocycles. The van der Waals surface area contributed by atoms with E-state index >= 15 is 0 Å². The third-order valence-electron chi connectivity index (χ3n) is 4.96. The molecule has 0 radical (unpaired) electrons. The van der Waals surface area contributed by atoms with E-state index in [1.54, 1.807) is 0 Å². The van der Waals surface area contributed by atoms with E-state index in [1.165, 1.54) is 7.05 Å². The largest absolute Gasteiger partial charge is 0.393 e. The van der Waals surface area contributed by atoms with Gasteiger partial charge in [0, 0.05) is 19.0 Å². The average molecular weight is 297 g/mol. The molecule has 0 bridgehead atoms. The maximum atomic E-state index is 12.1. The Morgan fingerprint density at radius 1 is 1.19 bits per heavy atom. The summed E-state index contributed by atoms with van der Waals surface area (Å²) in [7, 11) is 1.49. The number of urea groups is 1. The molecular formula is C15H27N3O3. The number of hydrogen-bond acceptors (Lipinski definition) is 4. The zero-order valence-corrected chi connectivity index (χ0v) is 13.0. The topological polar surface area (TPSA) is 81.7 Å². The molecule has 6 heteroatoms. The molecule has 1 heterocycles. The van der Waals surface area contributed by atoms with Crippen LogP contribution in [0.2, 0.25) is 0 Å². The summed E-state index contributed by atoms with van der Waals surface area (Å²) in [5.74, 6) is -0.0111. The predicted octanol–water partition coefficient (Wildman–Crippen LogP) is 0.846. The van der Waals surface area contributed by atoms with Crippen molar-refractivity contribution < 1.29 is 14.7 Å². The zero-order valence-electron chi connectivity index (χ0n) is 13.0. The molecule has 0 aromatic rings. The summed E-state index contributed by atoms with van der Waals surface area (Å²) >= 11 is 0. The first-order chi connectivity index (χ1) is 10.0. The first kappa shape index (κ1) is 16.2. The Kier molecular flexibility index (Phi) is 5.58. The SMILES string of the molecule is CNC(=O)NC(=O)C(C)N1CCCC1C1CCCCC1O. The lowest BCUT2D eigenvalue weighted by Crippen LogP contribution is -2.53. The normalized spacial score (nSPS) is 31.7. The number of nitrogens with zero attached hydrogens (tertiary/aromatic N) is 1. The summed E-state index contributed by atoms with van der Waals surface area (Å²) in [6.45, 7) is 2.70. The lowest BCUT2D eigenvalue weighted by Gasteiger charge is -2.39. The molecule has 3 N–H and O–H groups in total. The minimum absolute atomic E-state index is 0.251. The van der Waals surface area contributed by atoms with Crippen LogP contribution in [-0.2, 0) is 4.79 Å². The van der Waals surface area contributed by atoms with Crippen LogP contribution in [0.4, 0.5) is 4.79 Å². The summed E-state index contributed by atoms with van der Waals surface area (Å²) in [4.78, 5) is 25.6. The number of nitrogens with one attached hydrogen (secondary N) is 2. The fraction of sp³-hybridized carbons (Fsp3) is 0.867. The van der Waals surface area contributed by atoms with Crippen molar-refractivity contribution in [1.29, 1.82) is 0 Å². The molecule has 0 aromatic carbocycles. The smallest absolute Gasteiger partial charge is 0.321 e. The van der Waals surface area contributed by atoms with Crippen LogP contribution in [0.25, 0.3) is 0 Å². The van der Waals surface area contributed by atoms with E-state index in [9.17, 15) is 14.7 Å². The molecule has 0 spiro atoms. The van der Waals surface area contributed by atoms with Crippen molar-refractivity contribution >= 4 is 11.9 Å². The molecule has 1 aliphatic heterocycles. The van der Waals surface area contributed by atoms with Crippen LogP contribution in [0.5, 0.6) is 0 Å². The summed E-state index contributed by atoms with van der Waals surface area (Å²) in [5, 5.41) is 15.0. The molecule has 120 valence electrons. The summed E-state index contributed by atoms with van der Waals surface area (Å²) in [6.07, 6.45) is 5.98. The number of aliphatic hydroxyl groups excluding tert-OH is 1. The Balaban J connectivity index is 2.00. The average Bonchev–Trinajstić information content (AvgIpc) is 2.95. The van der Waals surface area contributed by atoms with Gasteiger partial charge in [-0.25, -0.2) is 4.79 Å².